The van der Waals surface area contributed by atoms with E-state index < -0.39 is 6.36 Å². The Morgan fingerprint density at radius 3 is 2.38 bits per heavy atom. The molecule has 0 radical (unpaired) electrons. The summed E-state index contributed by atoms with van der Waals surface area (Å²) in [5, 5.41) is 4.20. The van der Waals surface area contributed by atoms with Gasteiger partial charge in [0, 0.05) is 11.6 Å². The van der Waals surface area contributed by atoms with Gasteiger partial charge >= 0.3 is 6.36 Å². The molecule has 0 unspecified atom stereocenters. The third-order valence-corrected chi connectivity index (χ3v) is 3.87. The average Bonchev–Trinajstić information content (AvgIpc) is 3.12. The molecular formula is C19H13F3N4O3. The Morgan fingerprint density at radius 2 is 1.69 bits per heavy atom. The zero-order valence-electron chi connectivity index (χ0n) is 14.7. The Hall–Kier alpha value is -3.82. The van der Waals surface area contributed by atoms with Gasteiger partial charge < -0.3 is 14.5 Å². The summed E-state index contributed by atoms with van der Waals surface area (Å²) in [5.74, 6) is 0.615. The zero-order chi connectivity index (χ0) is 20.4. The van der Waals surface area contributed by atoms with Gasteiger partial charge in [-0.1, -0.05) is 30.3 Å². The lowest BCUT2D eigenvalue weighted by Gasteiger charge is -2.10. The summed E-state index contributed by atoms with van der Waals surface area (Å²) in [7, 11) is 0. The average molecular weight is 402 g/mol. The van der Waals surface area contributed by atoms with Gasteiger partial charge in [-0.3, -0.25) is 4.79 Å². The summed E-state index contributed by atoms with van der Waals surface area (Å²) in [5.41, 5.74) is 0.814. The van der Waals surface area contributed by atoms with Crippen molar-refractivity contribution in [1.29, 1.82) is 0 Å². The van der Waals surface area contributed by atoms with Crippen LogP contribution in [0, 0.1) is 0 Å². The van der Waals surface area contributed by atoms with Gasteiger partial charge in [-0.05, 0) is 24.3 Å². The third kappa shape index (κ3) is 4.37. The number of ether oxygens (including phenoxy) is 2. The van der Waals surface area contributed by atoms with Gasteiger partial charge in [0.1, 0.15) is 18.1 Å². The van der Waals surface area contributed by atoms with Crippen molar-refractivity contribution in [3.8, 4) is 22.9 Å². The monoisotopic (exact) mass is 402 g/mol. The number of halogens is 3. The van der Waals surface area contributed by atoms with E-state index in [1.54, 1.807) is 0 Å². The fourth-order valence-electron chi connectivity index (χ4n) is 2.62. The van der Waals surface area contributed by atoms with Crippen LogP contribution in [0.5, 0.6) is 11.5 Å². The normalized spacial score (nSPS) is 11.6. The molecule has 148 valence electrons. The Labute approximate surface area is 161 Å². The van der Waals surface area contributed by atoms with Crippen LogP contribution in [0.4, 0.5) is 13.2 Å². The minimum atomic E-state index is -4.76. The molecule has 0 fully saturated rings. The van der Waals surface area contributed by atoms with Crippen molar-refractivity contribution < 1.29 is 22.6 Å². The maximum absolute atomic E-state index is 12.3. The predicted octanol–water partition coefficient (Wildman–Crippen LogP) is 3.56. The van der Waals surface area contributed by atoms with E-state index in [1.807, 2.05) is 30.3 Å². The highest BCUT2D eigenvalue weighted by Gasteiger charge is 2.30. The van der Waals surface area contributed by atoms with Crippen molar-refractivity contribution in [2.75, 3.05) is 0 Å². The molecule has 0 bridgehead atoms. The van der Waals surface area contributed by atoms with Gasteiger partial charge in [-0.25, -0.2) is 0 Å². The quantitative estimate of drug-likeness (QED) is 0.552. The van der Waals surface area contributed by atoms with E-state index in [-0.39, 0.29) is 23.7 Å². The van der Waals surface area contributed by atoms with Gasteiger partial charge in [-0.15, -0.1) is 18.3 Å². The molecule has 7 nitrogen and oxygen atoms in total. The number of aromatic nitrogens is 4. The maximum Gasteiger partial charge on any atom is 0.573 e. The Balaban J connectivity index is 1.50. The van der Waals surface area contributed by atoms with Crippen LogP contribution < -0.4 is 15.0 Å². The highest BCUT2D eigenvalue weighted by Crippen LogP contribution is 2.25. The van der Waals surface area contributed by atoms with Crippen LogP contribution in [0.2, 0.25) is 0 Å². The van der Waals surface area contributed by atoms with E-state index in [0.717, 1.165) is 22.2 Å². The third-order valence-electron chi connectivity index (χ3n) is 3.87. The van der Waals surface area contributed by atoms with Crippen molar-refractivity contribution >= 4 is 5.78 Å². The highest BCUT2D eigenvalue weighted by molar-refractivity contribution is 5.56. The molecule has 2 heterocycles. The fraction of sp³-hybridized carbons (Fsp3) is 0.105. The van der Waals surface area contributed by atoms with Crippen LogP contribution in [-0.2, 0) is 6.61 Å². The predicted molar refractivity (Wildman–Crippen MR) is 96.5 cm³/mol. The zero-order valence-corrected chi connectivity index (χ0v) is 14.7. The molecule has 0 aliphatic rings. The van der Waals surface area contributed by atoms with Crippen LogP contribution in [0.15, 0.2) is 65.5 Å². The molecule has 2 aromatic heterocycles. The first-order chi connectivity index (χ1) is 13.9. The number of nitrogens with one attached hydrogen (secondary N) is 1. The number of alkyl halides is 3. The first-order valence-corrected chi connectivity index (χ1v) is 8.40. The lowest BCUT2D eigenvalue weighted by molar-refractivity contribution is -0.274. The number of benzene rings is 2. The summed E-state index contributed by atoms with van der Waals surface area (Å²) >= 11 is 0. The first-order valence-electron chi connectivity index (χ1n) is 8.40. The van der Waals surface area contributed by atoms with Crippen molar-refractivity contribution in [3.05, 3.63) is 76.7 Å². The summed E-state index contributed by atoms with van der Waals surface area (Å²) in [6.45, 7) is -0.0151. The van der Waals surface area contributed by atoms with E-state index in [1.165, 1.54) is 18.2 Å². The second-order valence-electron chi connectivity index (χ2n) is 5.98. The molecule has 4 aromatic rings. The lowest BCUT2D eigenvalue weighted by atomic mass is 10.2. The summed E-state index contributed by atoms with van der Waals surface area (Å²) in [6.07, 6.45) is -4.76. The smallest absolute Gasteiger partial charge is 0.487 e. The molecule has 4 rings (SSSR count). The molecule has 0 amide bonds. The molecule has 1 N–H and O–H groups in total. The number of fused-ring (bicyclic) bond motifs is 1. The Morgan fingerprint density at radius 1 is 1.00 bits per heavy atom. The van der Waals surface area contributed by atoms with Gasteiger partial charge in [-0.2, -0.15) is 9.50 Å². The molecular weight excluding hydrogens is 389 g/mol. The second kappa shape index (κ2) is 7.30. The molecule has 0 aliphatic carbocycles. The van der Waals surface area contributed by atoms with E-state index in [0.29, 0.717) is 17.3 Å². The van der Waals surface area contributed by atoms with Crippen molar-refractivity contribution in [3.63, 3.8) is 0 Å². The van der Waals surface area contributed by atoms with Crippen molar-refractivity contribution in [1.82, 2.24) is 19.6 Å². The van der Waals surface area contributed by atoms with Crippen LogP contribution in [-0.4, -0.2) is 25.9 Å². The number of nitrogens with zero attached hydrogens (tertiary/aromatic N) is 3. The number of aromatic amines is 1. The van der Waals surface area contributed by atoms with Gasteiger partial charge in [0.15, 0.2) is 5.82 Å². The number of rotatable bonds is 5. The summed E-state index contributed by atoms with van der Waals surface area (Å²) < 4.78 is 47.0. The minimum absolute atomic E-state index is 0.0151. The lowest BCUT2D eigenvalue weighted by Crippen LogP contribution is -2.17. The second-order valence-corrected chi connectivity index (χ2v) is 5.98. The number of hydrogen-bond acceptors (Lipinski definition) is 5. The summed E-state index contributed by atoms with van der Waals surface area (Å²) in [4.78, 5) is 19.6. The highest BCUT2D eigenvalue weighted by atomic mass is 19.4. The van der Waals surface area contributed by atoms with E-state index in [2.05, 4.69) is 19.8 Å². The molecule has 0 aliphatic heterocycles. The molecule has 29 heavy (non-hydrogen) atoms. The van der Waals surface area contributed by atoms with Crippen LogP contribution in [0.3, 0.4) is 0 Å². The van der Waals surface area contributed by atoms with E-state index >= 15 is 0 Å². The van der Waals surface area contributed by atoms with Crippen LogP contribution in [0.1, 0.15) is 5.69 Å². The first kappa shape index (κ1) is 18.5. The topological polar surface area (TPSA) is 81.5 Å². The standard InChI is InChI=1S/C19H13F3N4O3/c20-19(21,22)29-15-8-6-14(7-9-15)28-11-13-10-16(27)26-18(23-13)24-17(25-26)12-4-2-1-3-5-12/h1-10H,11H2,(H,23,24,25). The summed E-state index contributed by atoms with van der Waals surface area (Å²) in [6, 6.07) is 15.5. The van der Waals surface area contributed by atoms with Crippen LogP contribution in [0.25, 0.3) is 17.2 Å². The molecule has 10 heteroatoms. The van der Waals surface area contributed by atoms with E-state index in [9.17, 15) is 18.0 Å². The molecule has 0 saturated carbocycles. The molecule has 2 aromatic carbocycles. The van der Waals surface area contributed by atoms with Gasteiger partial charge in [0.05, 0.1) is 5.69 Å². The SMILES string of the molecule is O=c1cc(COc2ccc(OC(F)(F)F)cc2)[nH]c2nc(-c3ccccc3)nn12. The number of H-pyrrole nitrogens is 1. The Bertz CT molecular complexity index is 1190. The van der Waals surface area contributed by atoms with E-state index in [4.69, 9.17) is 4.74 Å². The van der Waals surface area contributed by atoms with Crippen molar-refractivity contribution in [2.45, 2.75) is 13.0 Å². The van der Waals surface area contributed by atoms with Crippen LogP contribution >= 0.6 is 0 Å². The van der Waals surface area contributed by atoms with Gasteiger partial charge in [0.2, 0.25) is 5.78 Å². The fourth-order valence-corrected chi connectivity index (χ4v) is 2.62. The minimum Gasteiger partial charge on any atom is -0.487 e. The maximum atomic E-state index is 12.3. The molecule has 0 spiro atoms. The van der Waals surface area contributed by atoms with Crippen molar-refractivity contribution in [2.24, 2.45) is 0 Å². The molecule has 0 atom stereocenters. The van der Waals surface area contributed by atoms with Gasteiger partial charge in [0.25, 0.3) is 5.56 Å². The largest absolute Gasteiger partial charge is 0.573 e. The number of hydrogen-bond donors (Lipinski definition) is 1. The Kier molecular flexibility index (Phi) is 4.67. The molecule has 0 saturated heterocycles.